The van der Waals surface area contributed by atoms with Crippen LogP contribution in [0.5, 0.6) is 0 Å². The number of nitrogens with one attached hydrogen (secondary N) is 1. The quantitative estimate of drug-likeness (QED) is 0.385. The monoisotopic (exact) mass is 450 g/mol. The first-order valence-electron chi connectivity index (χ1n) is 11.4. The van der Waals surface area contributed by atoms with Crippen LogP contribution >= 0.6 is 0 Å². The maximum absolute atomic E-state index is 12.9. The van der Waals surface area contributed by atoms with Crippen molar-refractivity contribution in [2.75, 3.05) is 16.8 Å². The summed E-state index contributed by atoms with van der Waals surface area (Å²) in [5, 5.41) is 3.34. The van der Waals surface area contributed by atoms with Crippen LogP contribution in [0.3, 0.4) is 0 Å². The highest BCUT2D eigenvalue weighted by Gasteiger charge is 2.41. The Balaban J connectivity index is 1.48. The van der Waals surface area contributed by atoms with E-state index in [9.17, 15) is 4.79 Å². The van der Waals surface area contributed by atoms with Gasteiger partial charge in [-0.3, -0.25) is 4.90 Å². The van der Waals surface area contributed by atoms with E-state index in [0.717, 1.165) is 16.7 Å². The minimum atomic E-state index is -0.400. The van der Waals surface area contributed by atoms with E-state index < -0.39 is 6.09 Å². The molecule has 1 aliphatic heterocycles. The molecule has 2 heterocycles. The molecule has 5 rings (SSSR count). The Morgan fingerprint density at radius 3 is 2.00 bits per heavy atom. The summed E-state index contributed by atoms with van der Waals surface area (Å²) in [6, 6.07) is 32.1. The van der Waals surface area contributed by atoms with E-state index in [4.69, 9.17) is 9.72 Å². The van der Waals surface area contributed by atoms with Gasteiger partial charge in [0.2, 0.25) is 5.95 Å². The summed E-state index contributed by atoms with van der Waals surface area (Å²) >= 11 is 0. The minimum absolute atomic E-state index is 0.0131. The fraction of sp³-hybridized carbons (Fsp3) is 0.179. The summed E-state index contributed by atoms with van der Waals surface area (Å²) in [6.07, 6.45) is 1.27. The fourth-order valence-electron chi connectivity index (χ4n) is 4.47. The molecule has 4 aromatic rings. The molecule has 1 aliphatic rings. The topological polar surface area (TPSA) is 67.4 Å². The molecular weight excluding hydrogens is 424 g/mol. The van der Waals surface area contributed by atoms with Crippen LogP contribution in [0.1, 0.15) is 35.6 Å². The molecule has 2 atom stereocenters. The Morgan fingerprint density at radius 1 is 0.853 bits per heavy atom. The van der Waals surface area contributed by atoms with Crippen LogP contribution in [0.15, 0.2) is 103 Å². The summed E-state index contributed by atoms with van der Waals surface area (Å²) in [7, 11) is 0. The van der Waals surface area contributed by atoms with Gasteiger partial charge in [0.05, 0.1) is 12.1 Å². The van der Waals surface area contributed by atoms with Gasteiger partial charge in [0.1, 0.15) is 12.4 Å². The number of cyclic esters (lactones) is 1. The summed E-state index contributed by atoms with van der Waals surface area (Å²) in [5.74, 6) is 0.911. The first kappa shape index (κ1) is 21.6. The molecule has 1 fully saturated rings. The lowest BCUT2D eigenvalue weighted by Gasteiger charge is -2.29. The van der Waals surface area contributed by atoms with Crippen molar-refractivity contribution in [1.82, 2.24) is 9.97 Å². The highest BCUT2D eigenvalue weighted by molar-refractivity contribution is 5.89. The van der Waals surface area contributed by atoms with Crippen molar-refractivity contribution in [3.05, 3.63) is 120 Å². The summed E-state index contributed by atoms with van der Waals surface area (Å²) in [6.45, 7) is 2.33. The van der Waals surface area contributed by atoms with Crippen LogP contribution in [0.2, 0.25) is 0 Å². The van der Waals surface area contributed by atoms with Gasteiger partial charge in [-0.15, -0.1) is 0 Å². The molecule has 34 heavy (non-hydrogen) atoms. The molecule has 0 aliphatic carbocycles. The molecule has 1 N–H and O–H groups in total. The number of nitrogens with zero attached hydrogens (tertiary/aromatic N) is 3. The van der Waals surface area contributed by atoms with Crippen LogP contribution in [-0.4, -0.2) is 28.7 Å². The summed E-state index contributed by atoms with van der Waals surface area (Å²) in [5.41, 5.74) is 3.36. The van der Waals surface area contributed by atoms with Crippen LogP contribution in [-0.2, 0) is 4.74 Å². The normalized spacial score (nSPS) is 16.4. The number of anilines is 2. The predicted octanol–water partition coefficient (Wildman–Crippen LogP) is 5.81. The van der Waals surface area contributed by atoms with Gasteiger partial charge in [-0.25, -0.2) is 9.78 Å². The van der Waals surface area contributed by atoms with E-state index in [-0.39, 0.29) is 24.6 Å². The third-order valence-corrected chi connectivity index (χ3v) is 6.14. The van der Waals surface area contributed by atoms with Gasteiger partial charge in [-0.2, -0.15) is 4.98 Å². The first-order valence-corrected chi connectivity index (χ1v) is 11.4. The van der Waals surface area contributed by atoms with Gasteiger partial charge in [0.25, 0.3) is 0 Å². The number of aromatic nitrogens is 2. The molecule has 6 nitrogen and oxygen atoms in total. The Labute approximate surface area is 199 Å². The van der Waals surface area contributed by atoms with Crippen LogP contribution in [0.4, 0.5) is 16.6 Å². The van der Waals surface area contributed by atoms with E-state index in [1.807, 2.05) is 54.6 Å². The van der Waals surface area contributed by atoms with Crippen molar-refractivity contribution in [3.63, 3.8) is 0 Å². The molecule has 0 unspecified atom stereocenters. The number of carbonyl (C=O) groups excluding carboxylic acids is 1. The highest BCUT2D eigenvalue weighted by Crippen LogP contribution is 2.36. The van der Waals surface area contributed by atoms with Crippen molar-refractivity contribution in [2.45, 2.75) is 24.9 Å². The van der Waals surface area contributed by atoms with E-state index in [2.05, 4.69) is 53.6 Å². The van der Waals surface area contributed by atoms with Gasteiger partial charge in [0.15, 0.2) is 0 Å². The maximum atomic E-state index is 12.9. The second-order valence-electron chi connectivity index (χ2n) is 8.33. The van der Waals surface area contributed by atoms with Crippen molar-refractivity contribution in [2.24, 2.45) is 0 Å². The average molecular weight is 451 g/mol. The number of rotatable bonds is 7. The Kier molecular flexibility index (Phi) is 6.21. The van der Waals surface area contributed by atoms with Crippen molar-refractivity contribution >= 4 is 17.9 Å². The second kappa shape index (κ2) is 9.75. The average Bonchev–Trinajstić information content (AvgIpc) is 3.27. The van der Waals surface area contributed by atoms with Gasteiger partial charge in [0, 0.05) is 12.1 Å². The van der Waals surface area contributed by atoms with Crippen LogP contribution < -0.4 is 10.2 Å². The third-order valence-electron chi connectivity index (χ3n) is 6.14. The van der Waals surface area contributed by atoms with E-state index in [1.165, 1.54) is 0 Å². The third kappa shape index (κ3) is 4.48. The number of amides is 1. The number of hydrogen-bond donors (Lipinski definition) is 1. The largest absolute Gasteiger partial charge is 0.447 e. The Hall–Kier alpha value is -4.19. The molecule has 3 aromatic carbocycles. The second-order valence-corrected chi connectivity index (χ2v) is 8.33. The number of ether oxygens (including phenoxy) is 1. The van der Waals surface area contributed by atoms with Crippen molar-refractivity contribution < 1.29 is 9.53 Å². The molecule has 6 heteroatoms. The van der Waals surface area contributed by atoms with Crippen LogP contribution in [0, 0.1) is 0 Å². The number of benzene rings is 3. The fourth-order valence-corrected chi connectivity index (χ4v) is 4.47. The minimum Gasteiger partial charge on any atom is -0.447 e. The van der Waals surface area contributed by atoms with Gasteiger partial charge in [-0.05, 0) is 29.7 Å². The molecule has 1 saturated heterocycles. The van der Waals surface area contributed by atoms with Crippen molar-refractivity contribution in [3.8, 4) is 0 Å². The molecule has 1 amide bonds. The van der Waals surface area contributed by atoms with E-state index in [0.29, 0.717) is 11.8 Å². The molecule has 1 aromatic heterocycles. The van der Waals surface area contributed by atoms with E-state index in [1.54, 1.807) is 17.2 Å². The van der Waals surface area contributed by atoms with Gasteiger partial charge >= 0.3 is 6.09 Å². The predicted molar refractivity (Wildman–Crippen MR) is 133 cm³/mol. The molecule has 0 bridgehead atoms. The van der Waals surface area contributed by atoms with Crippen molar-refractivity contribution in [1.29, 1.82) is 0 Å². The van der Waals surface area contributed by atoms with Gasteiger partial charge in [-0.1, -0.05) is 91.0 Å². The maximum Gasteiger partial charge on any atom is 0.415 e. The smallest absolute Gasteiger partial charge is 0.415 e. The zero-order valence-electron chi connectivity index (χ0n) is 18.9. The zero-order chi connectivity index (χ0) is 23.3. The summed E-state index contributed by atoms with van der Waals surface area (Å²) in [4.78, 5) is 23.7. The van der Waals surface area contributed by atoms with Crippen LogP contribution in [0.25, 0.3) is 0 Å². The standard InChI is InChI=1S/C28H26N4O2/c1-20(21-11-5-2-6-12-21)30-27-29-18-17-25(31-27)32-24(19-34-28(32)33)26(22-13-7-3-8-14-22)23-15-9-4-10-16-23/h2-18,20,24,26H,19H2,1H3,(H,29,30,31)/t20-,24+/m0/s1. The SMILES string of the molecule is C[C@H](Nc1nccc(N2C(=O)OC[C@@H]2C(c2ccccc2)c2ccccc2)n1)c1ccccc1. The highest BCUT2D eigenvalue weighted by atomic mass is 16.6. The lowest BCUT2D eigenvalue weighted by atomic mass is 9.85. The molecule has 0 saturated carbocycles. The lowest BCUT2D eigenvalue weighted by molar-refractivity contribution is 0.178. The number of hydrogen-bond acceptors (Lipinski definition) is 5. The lowest BCUT2D eigenvalue weighted by Crippen LogP contribution is -2.39. The first-order chi connectivity index (χ1) is 16.7. The molecule has 170 valence electrons. The van der Waals surface area contributed by atoms with Gasteiger partial charge < -0.3 is 10.1 Å². The zero-order valence-corrected chi connectivity index (χ0v) is 18.9. The number of carbonyl (C=O) groups is 1. The molecular formula is C28H26N4O2. The molecule has 0 radical (unpaired) electrons. The Bertz CT molecular complexity index is 1200. The van der Waals surface area contributed by atoms with E-state index >= 15 is 0 Å². The molecule has 0 spiro atoms. The summed E-state index contributed by atoms with van der Waals surface area (Å²) < 4.78 is 5.55. The Morgan fingerprint density at radius 2 is 1.41 bits per heavy atom.